The monoisotopic (exact) mass is 280 g/mol. The molecule has 1 fully saturated rings. The maximum absolute atomic E-state index is 10.5. The molecule has 0 atom stereocenters. The second kappa shape index (κ2) is 5.93. The summed E-state index contributed by atoms with van der Waals surface area (Å²) in [6, 6.07) is 3.24. The average molecular weight is 281 g/mol. The third-order valence-corrected chi connectivity index (χ3v) is 3.71. The summed E-state index contributed by atoms with van der Waals surface area (Å²) in [6.45, 7) is 4.15. The summed E-state index contributed by atoms with van der Waals surface area (Å²) in [7, 11) is 0. The van der Waals surface area contributed by atoms with Crippen molar-refractivity contribution >= 4 is 29.5 Å². The van der Waals surface area contributed by atoms with Crippen LogP contribution < -0.4 is 16.1 Å². The van der Waals surface area contributed by atoms with Crippen LogP contribution in [0.3, 0.4) is 0 Å². The molecule has 1 aliphatic rings. The minimum atomic E-state index is -0.696. The van der Waals surface area contributed by atoms with Gasteiger partial charge < -0.3 is 10.6 Å². The molecule has 1 aromatic rings. The summed E-state index contributed by atoms with van der Waals surface area (Å²) in [5, 5.41) is 4.37. The average Bonchev–Trinajstić information content (AvgIpc) is 2.88. The first kappa shape index (κ1) is 13.7. The lowest BCUT2D eigenvalue weighted by Crippen LogP contribution is -2.24. The quantitative estimate of drug-likeness (QED) is 0.658. The van der Waals surface area contributed by atoms with Crippen molar-refractivity contribution in [3.63, 3.8) is 0 Å². The van der Waals surface area contributed by atoms with Crippen LogP contribution in [0.1, 0.15) is 24.0 Å². The Balaban J connectivity index is 2.21. The number of hydrazone groups is 1. The SMILES string of the molecule is Cc1c(N2CCCC2)ccc(C=NNC(N)=O)c1Cl. The van der Waals surface area contributed by atoms with E-state index >= 15 is 0 Å². The number of primary amides is 1. The number of carbonyl (C=O) groups is 1. The Morgan fingerprint density at radius 1 is 1.47 bits per heavy atom. The number of urea groups is 1. The zero-order chi connectivity index (χ0) is 13.8. The van der Waals surface area contributed by atoms with Gasteiger partial charge in [-0.2, -0.15) is 5.10 Å². The summed E-state index contributed by atoms with van der Waals surface area (Å²) in [5.41, 5.74) is 10.0. The maximum Gasteiger partial charge on any atom is 0.332 e. The number of nitrogens with zero attached hydrogens (tertiary/aromatic N) is 2. The van der Waals surface area contributed by atoms with E-state index in [1.807, 2.05) is 19.1 Å². The molecule has 102 valence electrons. The van der Waals surface area contributed by atoms with Gasteiger partial charge in [0.15, 0.2) is 0 Å². The Morgan fingerprint density at radius 3 is 2.79 bits per heavy atom. The summed E-state index contributed by atoms with van der Waals surface area (Å²) in [4.78, 5) is 12.9. The van der Waals surface area contributed by atoms with E-state index in [0.29, 0.717) is 5.02 Å². The van der Waals surface area contributed by atoms with E-state index in [2.05, 4.69) is 15.4 Å². The fourth-order valence-electron chi connectivity index (χ4n) is 2.26. The van der Waals surface area contributed by atoms with Crippen LogP contribution in [0, 0.1) is 6.92 Å². The highest BCUT2D eigenvalue weighted by Crippen LogP contribution is 2.31. The standard InChI is InChI=1S/C13H17ClN4O/c1-9-11(18-6-2-3-7-18)5-4-10(12(9)14)8-16-17-13(15)19/h4-5,8H,2-3,6-7H2,1H3,(H3,15,17,19). The number of carbonyl (C=O) groups excluding carboxylic acids is 1. The number of benzene rings is 1. The summed E-state index contributed by atoms with van der Waals surface area (Å²) in [6.07, 6.45) is 3.94. The van der Waals surface area contributed by atoms with E-state index in [1.165, 1.54) is 24.7 Å². The molecule has 1 heterocycles. The van der Waals surface area contributed by atoms with Crippen LogP contribution in [0.5, 0.6) is 0 Å². The van der Waals surface area contributed by atoms with Crippen LogP contribution in [0.2, 0.25) is 5.02 Å². The van der Waals surface area contributed by atoms with Gasteiger partial charge in [0.25, 0.3) is 0 Å². The Bertz CT molecular complexity index is 510. The predicted molar refractivity (Wildman–Crippen MR) is 77.9 cm³/mol. The first-order valence-corrected chi connectivity index (χ1v) is 6.60. The van der Waals surface area contributed by atoms with Crippen LogP contribution in [-0.2, 0) is 0 Å². The van der Waals surface area contributed by atoms with Crippen molar-refractivity contribution in [3.8, 4) is 0 Å². The van der Waals surface area contributed by atoms with Crippen LogP contribution >= 0.6 is 11.6 Å². The molecule has 1 aromatic carbocycles. The number of nitrogens with one attached hydrogen (secondary N) is 1. The first-order valence-electron chi connectivity index (χ1n) is 6.22. The lowest BCUT2D eigenvalue weighted by Gasteiger charge is -2.21. The van der Waals surface area contributed by atoms with Crippen molar-refractivity contribution in [2.75, 3.05) is 18.0 Å². The first-order chi connectivity index (χ1) is 9.09. The van der Waals surface area contributed by atoms with Crippen LogP contribution in [0.4, 0.5) is 10.5 Å². The van der Waals surface area contributed by atoms with Gasteiger partial charge in [-0.3, -0.25) is 0 Å². The molecule has 2 rings (SSSR count). The van der Waals surface area contributed by atoms with Crippen LogP contribution in [0.25, 0.3) is 0 Å². The van der Waals surface area contributed by atoms with Gasteiger partial charge in [-0.1, -0.05) is 11.6 Å². The Kier molecular flexibility index (Phi) is 4.27. The molecular formula is C13H17ClN4O. The van der Waals surface area contributed by atoms with E-state index in [-0.39, 0.29) is 0 Å². The van der Waals surface area contributed by atoms with Gasteiger partial charge in [-0.15, -0.1) is 0 Å². The molecule has 0 bridgehead atoms. The largest absolute Gasteiger partial charge is 0.371 e. The molecular weight excluding hydrogens is 264 g/mol. The van der Waals surface area contributed by atoms with Gasteiger partial charge in [-0.05, 0) is 37.5 Å². The van der Waals surface area contributed by atoms with Gasteiger partial charge in [0.2, 0.25) is 0 Å². The van der Waals surface area contributed by atoms with E-state index in [0.717, 1.165) is 24.2 Å². The number of halogens is 1. The number of hydrogen-bond donors (Lipinski definition) is 2. The van der Waals surface area contributed by atoms with Gasteiger partial charge in [0, 0.05) is 24.3 Å². The maximum atomic E-state index is 10.5. The topological polar surface area (TPSA) is 70.7 Å². The molecule has 0 radical (unpaired) electrons. The molecule has 6 heteroatoms. The van der Waals surface area contributed by atoms with Gasteiger partial charge in [0.05, 0.1) is 11.2 Å². The van der Waals surface area contributed by atoms with E-state index in [9.17, 15) is 4.79 Å². The minimum Gasteiger partial charge on any atom is -0.371 e. The molecule has 0 aromatic heterocycles. The van der Waals surface area contributed by atoms with Gasteiger partial charge in [0.1, 0.15) is 0 Å². The second-order valence-electron chi connectivity index (χ2n) is 4.54. The Hall–Kier alpha value is -1.75. The van der Waals surface area contributed by atoms with Crippen molar-refractivity contribution in [1.29, 1.82) is 0 Å². The Morgan fingerprint density at radius 2 is 2.16 bits per heavy atom. The highest BCUT2D eigenvalue weighted by molar-refractivity contribution is 6.34. The number of nitrogens with two attached hydrogens (primary N) is 1. The van der Waals surface area contributed by atoms with Crippen molar-refractivity contribution in [2.24, 2.45) is 10.8 Å². The smallest absolute Gasteiger partial charge is 0.332 e. The van der Waals surface area contributed by atoms with Crippen molar-refractivity contribution in [2.45, 2.75) is 19.8 Å². The van der Waals surface area contributed by atoms with Crippen LogP contribution in [0.15, 0.2) is 17.2 Å². The fraction of sp³-hybridized carbons (Fsp3) is 0.385. The predicted octanol–water partition coefficient (Wildman–Crippen LogP) is 2.25. The molecule has 0 saturated carbocycles. The zero-order valence-electron chi connectivity index (χ0n) is 10.8. The molecule has 0 unspecified atom stereocenters. The highest BCUT2D eigenvalue weighted by atomic mass is 35.5. The fourth-order valence-corrected chi connectivity index (χ4v) is 2.47. The number of amides is 2. The van der Waals surface area contributed by atoms with Crippen LogP contribution in [-0.4, -0.2) is 25.3 Å². The number of anilines is 1. The highest BCUT2D eigenvalue weighted by Gasteiger charge is 2.16. The summed E-state index contributed by atoms with van der Waals surface area (Å²) < 4.78 is 0. The molecule has 3 N–H and O–H groups in total. The summed E-state index contributed by atoms with van der Waals surface area (Å²) in [5.74, 6) is 0. The lowest BCUT2D eigenvalue weighted by atomic mass is 10.1. The molecule has 2 amide bonds. The third kappa shape index (κ3) is 3.17. The molecule has 0 aliphatic carbocycles. The van der Waals surface area contributed by atoms with Crippen molar-refractivity contribution in [3.05, 3.63) is 28.3 Å². The van der Waals surface area contributed by atoms with E-state index in [4.69, 9.17) is 17.3 Å². The molecule has 0 spiro atoms. The van der Waals surface area contributed by atoms with E-state index < -0.39 is 6.03 Å². The number of hydrogen-bond acceptors (Lipinski definition) is 3. The lowest BCUT2D eigenvalue weighted by molar-refractivity contribution is 0.249. The number of rotatable bonds is 3. The normalized spacial score (nSPS) is 15.2. The molecule has 5 nitrogen and oxygen atoms in total. The van der Waals surface area contributed by atoms with Gasteiger partial charge in [-0.25, -0.2) is 10.2 Å². The summed E-state index contributed by atoms with van der Waals surface area (Å²) >= 11 is 6.33. The van der Waals surface area contributed by atoms with E-state index in [1.54, 1.807) is 0 Å². The molecule has 19 heavy (non-hydrogen) atoms. The minimum absolute atomic E-state index is 0.652. The zero-order valence-corrected chi connectivity index (χ0v) is 11.6. The molecule has 1 saturated heterocycles. The third-order valence-electron chi connectivity index (χ3n) is 3.21. The van der Waals surface area contributed by atoms with Gasteiger partial charge >= 0.3 is 6.03 Å². The molecule has 1 aliphatic heterocycles. The second-order valence-corrected chi connectivity index (χ2v) is 4.92. The van der Waals surface area contributed by atoms with Crippen molar-refractivity contribution < 1.29 is 4.79 Å². The van der Waals surface area contributed by atoms with Crippen molar-refractivity contribution in [1.82, 2.24) is 5.43 Å². The Labute approximate surface area is 117 Å².